The fourth-order valence-corrected chi connectivity index (χ4v) is 6.31. The molecule has 0 radical (unpaired) electrons. The summed E-state index contributed by atoms with van der Waals surface area (Å²) in [5.41, 5.74) is 4.15. The van der Waals surface area contributed by atoms with E-state index in [0.29, 0.717) is 30.1 Å². The summed E-state index contributed by atoms with van der Waals surface area (Å²) in [4.78, 5) is 39.3. The molecule has 1 aliphatic rings. The molecule has 2 heterocycles. The first-order valence-electron chi connectivity index (χ1n) is 11.0. The molecule has 1 atom stereocenters. The highest BCUT2D eigenvalue weighted by atomic mass is 32.2. The molecule has 4 aromatic rings. The lowest BCUT2D eigenvalue weighted by atomic mass is 10.1. The lowest BCUT2D eigenvalue weighted by Crippen LogP contribution is -2.27. The van der Waals surface area contributed by atoms with Crippen molar-refractivity contribution in [1.29, 1.82) is 0 Å². The van der Waals surface area contributed by atoms with E-state index in [1.807, 2.05) is 72.5 Å². The number of nitrogens with one attached hydrogen (secondary N) is 1. The molecule has 1 fully saturated rings. The van der Waals surface area contributed by atoms with Gasteiger partial charge in [0.05, 0.1) is 16.0 Å². The third kappa shape index (κ3) is 4.38. The van der Waals surface area contributed by atoms with Crippen LogP contribution < -0.4 is 10.2 Å². The number of thiazole rings is 1. The van der Waals surface area contributed by atoms with E-state index in [-0.39, 0.29) is 22.1 Å². The monoisotopic (exact) mass is 489 g/mol. The number of anilines is 1. The van der Waals surface area contributed by atoms with Crippen LogP contribution in [-0.2, 0) is 17.9 Å². The number of carbonyl (C=O) groups excluding carboxylic acids is 2. The number of aromatic nitrogens is 1. The summed E-state index contributed by atoms with van der Waals surface area (Å²) in [6.45, 7) is 3.12. The van der Waals surface area contributed by atoms with Gasteiger partial charge in [-0.25, -0.2) is 0 Å². The van der Waals surface area contributed by atoms with Crippen LogP contribution in [-0.4, -0.2) is 27.0 Å². The maximum atomic E-state index is 12.8. The number of benzene rings is 3. The van der Waals surface area contributed by atoms with E-state index in [1.54, 1.807) is 28.5 Å². The van der Waals surface area contributed by atoms with Crippen molar-refractivity contribution in [3.05, 3.63) is 99.2 Å². The number of thioether (sulfide) groups is 1. The van der Waals surface area contributed by atoms with Crippen molar-refractivity contribution in [1.82, 2.24) is 9.47 Å². The Morgan fingerprint density at radius 3 is 2.53 bits per heavy atom. The summed E-state index contributed by atoms with van der Waals surface area (Å²) >= 11 is 2.78. The summed E-state index contributed by atoms with van der Waals surface area (Å²) in [7, 11) is 0. The number of aryl methyl sites for hydroxylation is 1. The van der Waals surface area contributed by atoms with Gasteiger partial charge in [0.2, 0.25) is 5.91 Å². The molecular formula is C26H23N3O3S2. The van der Waals surface area contributed by atoms with Crippen molar-refractivity contribution in [2.24, 2.45) is 0 Å². The SMILES string of the molecule is CCn1c(=O)sc2cc(NC(=O)c3ccc(C4SCC(=O)N4Cc4ccccc4)cc3)ccc21. The van der Waals surface area contributed by atoms with Crippen LogP contribution in [0.4, 0.5) is 5.69 Å². The first-order valence-corrected chi connectivity index (χ1v) is 12.9. The summed E-state index contributed by atoms with van der Waals surface area (Å²) in [6, 6.07) is 22.9. The Morgan fingerprint density at radius 2 is 1.79 bits per heavy atom. The van der Waals surface area contributed by atoms with E-state index in [9.17, 15) is 14.4 Å². The highest BCUT2D eigenvalue weighted by Crippen LogP contribution is 2.39. The minimum Gasteiger partial charge on any atom is -0.322 e. The van der Waals surface area contributed by atoms with Gasteiger partial charge in [0, 0.05) is 24.3 Å². The van der Waals surface area contributed by atoms with Crippen LogP contribution in [0.2, 0.25) is 0 Å². The lowest BCUT2D eigenvalue weighted by Gasteiger charge is -2.24. The van der Waals surface area contributed by atoms with Gasteiger partial charge < -0.3 is 10.2 Å². The van der Waals surface area contributed by atoms with Gasteiger partial charge in [-0.1, -0.05) is 53.8 Å². The average Bonchev–Trinajstić information content (AvgIpc) is 3.37. The molecule has 0 bridgehead atoms. The summed E-state index contributed by atoms with van der Waals surface area (Å²) in [6.07, 6.45) is 0. The van der Waals surface area contributed by atoms with Gasteiger partial charge in [0.25, 0.3) is 5.91 Å². The molecule has 1 aromatic heterocycles. The van der Waals surface area contributed by atoms with Gasteiger partial charge in [0.1, 0.15) is 5.37 Å². The predicted octanol–water partition coefficient (Wildman–Crippen LogP) is 5.11. The molecular weight excluding hydrogens is 466 g/mol. The maximum absolute atomic E-state index is 12.8. The molecule has 5 rings (SSSR count). The third-order valence-electron chi connectivity index (χ3n) is 5.86. The molecule has 1 saturated heterocycles. The molecule has 1 N–H and O–H groups in total. The van der Waals surface area contributed by atoms with E-state index in [2.05, 4.69) is 5.32 Å². The van der Waals surface area contributed by atoms with Crippen LogP contribution in [0.25, 0.3) is 10.2 Å². The van der Waals surface area contributed by atoms with Crippen molar-refractivity contribution in [2.45, 2.75) is 25.4 Å². The zero-order valence-corrected chi connectivity index (χ0v) is 20.2. The highest BCUT2D eigenvalue weighted by molar-refractivity contribution is 8.00. The van der Waals surface area contributed by atoms with Gasteiger partial charge in [-0.05, 0) is 48.4 Å². The van der Waals surface area contributed by atoms with Crippen LogP contribution in [0.5, 0.6) is 0 Å². The summed E-state index contributed by atoms with van der Waals surface area (Å²) in [5.74, 6) is 0.355. The zero-order chi connectivity index (χ0) is 23.7. The van der Waals surface area contributed by atoms with Crippen molar-refractivity contribution in [2.75, 3.05) is 11.1 Å². The molecule has 3 aromatic carbocycles. The number of hydrogen-bond donors (Lipinski definition) is 1. The smallest absolute Gasteiger partial charge is 0.308 e. The largest absolute Gasteiger partial charge is 0.322 e. The quantitative estimate of drug-likeness (QED) is 0.409. The Bertz CT molecular complexity index is 1410. The van der Waals surface area contributed by atoms with E-state index < -0.39 is 0 Å². The second kappa shape index (κ2) is 9.48. The molecule has 6 nitrogen and oxygen atoms in total. The van der Waals surface area contributed by atoms with Crippen LogP contribution in [0, 0.1) is 0 Å². The predicted molar refractivity (Wildman–Crippen MR) is 138 cm³/mol. The van der Waals surface area contributed by atoms with E-state index >= 15 is 0 Å². The zero-order valence-electron chi connectivity index (χ0n) is 18.6. The van der Waals surface area contributed by atoms with Gasteiger partial charge in [-0.3, -0.25) is 19.0 Å². The Morgan fingerprint density at radius 1 is 1.03 bits per heavy atom. The second-order valence-electron chi connectivity index (χ2n) is 8.04. The standard InChI is InChI=1S/C26H23N3O3S2/c1-2-28-21-13-12-20(14-22(21)34-26(28)32)27-24(31)18-8-10-19(11-9-18)25-29(23(30)16-33-25)15-17-6-4-3-5-7-17/h3-14,25H,2,15-16H2,1H3,(H,27,31). The maximum Gasteiger partial charge on any atom is 0.308 e. The molecule has 172 valence electrons. The minimum atomic E-state index is -0.218. The Balaban J connectivity index is 1.30. The van der Waals surface area contributed by atoms with Crippen LogP contribution in [0.3, 0.4) is 0 Å². The lowest BCUT2D eigenvalue weighted by molar-refractivity contribution is -0.128. The van der Waals surface area contributed by atoms with Crippen LogP contribution >= 0.6 is 23.1 Å². The molecule has 34 heavy (non-hydrogen) atoms. The Labute approximate surface area is 205 Å². The first-order chi connectivity index (χ1) is 16.5. The Kier molecular flexibility index (Phi) is 6.26. The van der Waals surface area contributed by atoms with Crippen molar-refractivity contribution in [3.63, 3.8) is 0 Å². The fraction of sp³-hybridized carbons (Fsp3) is 0.192. The summed E-state index contributed by atoms with van der Waals surface area (Å²) in [5, 5.41) is 2.85. The third-order valence-corrected chi connectivity index (χ3v) is 8.06. The number of hydrogen-bond acceptors (Lipinski definition) is 5. The van der Waals surface area contributed by atoms with Crippen molar-refractivity contribution in [3.8, 4) is 0 Å². The van der Waals surface area contributed by atoms with Gasteiger partial charge in [0.15, 0.2) is 0 Å². The molecule has 8 heteroatoms. The van der Waals surface area contributed by atoms with E-state index in [0.717, 1.165) is 21.3 Å². The topological polar surface area (TPSA) is 71.4 Å². The number of amides is 2. The number of fused-ring (bicyclic) bond motifs is 1. The fourth-order valence-electron chi connectivity index (χ4n) is 4.13. The van der Waals surface area contributed by atoms with Crippen LogP contribution in [0.1, 0.15) is 33.8 Å². The minimum absolute atomic E-state index is 0.00105. The Hall–Kier alpha value is -3.36. The van der Waals surface area contributed by atoms with Crippen molar-refractivity contribution < 1.29 is 9.59 Å². The van der Waals surface area contributed by atoms with E-state index in [1.165, 1.54) is 11.3 Å². The molecule has 0 spiro atoms. The van der Waals surface area contributed by atoms with Crippen molar-refractivity contribution >= 4 is 50.8 Å². The number of carbonyl (C=O) groups is 2. The number of nitrogens with zero attached hydrogens (tertiary/aromatic N) is 2. The van der Waals surface area contributed by atoms with Crippen LogP contribution in [0.15, 0.2) is 77.6 Å². The molecule has 1 aliphatic heterocycles. The summed E-state index contributed by atoms with van der Waals surface area (Å²) < 4.78 is 2.57. The first kappa shape index (κ1) is 22.4. The molecule has 0 aliphatic carbocycles. The van der Waals surface area contributed by atoms with E-state index in [4.69, 9.17) is 0 Å². The van der Waals surface area contributed by atoms with Gasteiger partial charge in [-0.15, -0.1) is 11.8 Å². The van der Waals surface area contributed by atoms with Gasteiger partial charge >= 0.3 is 4.87 Å². The molecule has 2 amide bonds. The second-order valence-corrected chi connectivity index (χ2v) is 10.1. The highest BCUT2D eigenvalue weighted by Gasteiger charge is 2.32. The average molecular weight is 490 g/mol. The molecule has 1 unspecified atom stereocenters. The number of rotatable bonds is 6. The van der Waals surface area contributed by atoms with Gasteiger partial charge in [-0.2, -0.15) is 0 Å². The molecule has 0 saturated carbocycles. The normalized spacial score (nSPS) is 15.7.